The van der Waals surface area contributed by atoms with Gasteiger partial charge in [-0.05, 0) is 12.1 Å². The van der Waals surface area contributed by atoms with Crippen molar-refractivity contribution in [1.82, 2.24) is 9.38 Å². The van der Waals surface area contributed by atoms with Crippen LogP contribution in [0.2, 0.25) is 0 Å². The highest BCUT2D eigenvalue weighted by Gasteiger charge is 2.06. The van der Waals surface area contributed by atoms with Crippen LogP contribution in [0.15, 0.2) is 35.8 Å². The van der Waals surface area contributed by atoms with Gasteiger partial charge in [0.25, 0.3) is 0 Å². The number of rotatable bonds is 0. The molecule has 3 heteroatoms. The Labute approximate surface area is 75.1 Å². The third-order valence-corrected chi connectivity index (χ3v) is 2.16. The van der Waals surface area contributed by atoms with Crippen LogP contribution in [0.1, 0.15) is 11.3 Å². The molecule has 0 N–H and O–H groups in total. The molecule has 13 heavy (non-hydrogen) atoms. The Bertz CT molecular complexity index is 520. The predicted octanol–water partition coefficient (Wildman–Crippen LogP) is 1.74. The number of aromatic nitrogens is 2. The lowest BCUT2D eigenvalue weighted by Gasteiger charge is -1.97. The molecule has 0 saturated heterocycles. The molecule has 3 rings (SSSR count). The van der Waals surface area contributed by atoms with Gasteiger partial charge in [0, 0.05) is 36.6 Å². The van der Waals surface area contributed by atoms with Crippen molar-refractivity contribution >= 4 is 17.8 Å². The summed E-state index contributed by atoms with van der Waals surface area (Å²) in [5.74, 6) is 0. The monoisotopic (exact) mass is 169 g/mol. The Morgan fingerprint density at radius 3 is 3.23 bits per heavy atom. The number of nitrogens with zero attached hydrogens (tertiary/aromatic N) is 3. The van der Waals surface area contributed by atoms with Crippen molar-refractivity contribution in [2.75, 3.05) is 0 Å². The molecule has 1 aliphatic rings. The quantitative estimate of drug-likeness (QED) is 0.590. The van der Waals surface area contributed by atoms with E-state index in [1.54, 1.807) is 12.4 Å². The summed E-state index contributed by atoms with van der Waals surface area (Å²) in [6.45, 7) is 0. The number of aliphatic imine (C=N–C) groups is 1. The van der Waals surface area contributed by atoms with Gasteiger partial charge in [0.1, 0.15) is 0 Å². The Morgan fingerprint density at radius 1 is 1.23 bits per heavy atom. The van der Waals surface area contributed by atoms with E-state index in [0.717, 1.165) is 16.8 Å². The third-order valence-electron chi connectivity index (χ3n) is 2.16. The molecule has 0 radical (unpaired) electrons. The molecule has 0 saturated carbocycles. The maximum absolute atomic E-state index is 4.28. The van der Waals surface area contributed by atoms with Gasteiger partial charge < -0.3 is 4.40 Å². The van der Waals surface area contributed by atoms with Crippen molar-refractivity contribution < 1.29 is 0 Å². The summed E-state index contributed by atoms with van der Waals surface area (Å²) in [4.78, 5) is 8.41. The van der Waals surface area contributed by atoms with Crippen LogP contribution in [0.5, 0.6) is 0 Å². The third kappa shape index (κ3) is 0.839. The summed E-state index contributed by atoms with van der Waals surface area (Å²) >= 11 is 0. The van der Waals surface area contributed by atoms with Gasteiger partial charge in [-0.2, -0.15) is 0 Å². The summed E-state index contributed by atoms with van der Waals surface area (Å²) in [7, 11) is 0. The van der Waals surface area contributed by atoms with Gasteiger partial charge in [-0.1, -0.05) is 0 Å². The van der Waals surface area contributed by atoms with E-state index < -0.39 is 0 Å². The number of hydrogen-bond acceptors (Lipinski definition) is 2. The minimum atomic E-state index is 0.972. The SMILES string of the molecule is C1=Cc2nccn3ccc(c23)C=N1. The van der Waals surface area contributed by atoms with Crippen molar-refractivity contribution in [1.29, 1.82) is 0 Å². The van der Waals surface area contributed by atoms with Gasteiger partial charge in [0.15, 0.2) is 0 Å². The first-order valence-corrected chi connectivity index (χ1v) is 4.10. The second-order valence-electron chi connectivity index (χ2n) is 2.93. The van der Waals surface area contributed by atoms with E-state index in [4.69, 9.17) is 0 Å². The van der Waals surface area contributed by atoms with Crippen LogP contribution in [0.4, 0.5) is 0 Å². The van der Waals surface area contributed by atoms with E-state index in [2.05, 4.69) is 14.4 Å². The summed E-state index contributed by atoms with van der Waals surface area (Å²) in [5, 5.41) is 0. The average Bonchev–Trinajstić information content (AvgIpc) is 2.44. The molecule has 0 aliphatic carbocycles. The van der Waals surface area contributed by atoms with Crippen LogP contribution in [-0.2, 0) is 0 Å². The molecule has 3 heterocycles. The minimum absolute atomic E-state index is 0.972. The van der Waals surface area contributed by atoms with Crippen molar-refractivity contribution in [2.45, 2.75) is 0 Å². The normalized spacial score (nSPS) is 13.5. The average molecular weight is 169 g/mol. The highest BCUT2D eigenvalue weighted by molar-refractivity contribution is 5.94. The second kappa shape index (κ2) is 2.29. The Kier molecular flexibility index (Phi) is 1.16. The molecule has 0 aromatic carbocycles. The zero-order valence-corrected chi connectivity index (χ0v) is 6.88. The van der Waals surface area contributed by atoms with Crippen molar-refractivity contribution in [2.24, 2.45) is 4.99 Å². The van der Waals surface area contributed by atoms with Gasteiger partial charge in [-0.3, -0.25) is 9.98 Å². The lowest BCUT2D eigenvalue weighted by molar-refractivity contribution is 1.13. The predicted molar refractivity (Wildman–Crippen MR) is 51.8 cm³/mol. The molecular formula is C10H7N3. The fraction of sp³-hybridized carbons (Fsp3) is 0. The van der Waals surface area contributed by atoms with Crippen LogP contribution < -0.4 is 0 Å². The van der Waals surface area contributed by atoms with Gasteiger partial charge in [-0.25, -0.2) is 0 Å². The van der Waals surface area contributed by atoms with E-state index in [-0.39, 0.29) is 0 Å². The first kappa shape index (κ1) is 6.60. The first-order chi connectivity index (χ1) is 6.45. The molecule has 2 aromatic heterocycles. The molecule has 1 aliphatic heterocycles. The van der Waals surface area contributed by atoms with Gasteiger partial charge in [-0.15, -0.1) is 0 Å². The molecule has 3 nitrogen and oxygen atoms in total. The van der Waals surface area contributed by atoms with Gasteiger partial charge >= 0.3 is 0 Å². The highest BCUT2D eigenvalue weighted by Crippen LogP contribution is 2.17. The lowest BCUT2D eigenvalue weighted by Crippen LogP contribution is -1.89. The van der Waals surface area contributed by atoms with Gasteiger partial charge in [0.05, 0.1) is 11.2 Å². The Morgan fingerprint density at radius 2 is 2.23 bits per heavy atom. The molecule has 62 valence electrons. The molecule has 0 bridgehead atoms. The van der Waals surface area contributed by atoms with Gasteiger partial charge in [0.2, 0.25) is 0 Å². The fourth-order valence-corrected chi connectivity index (χ4v) is 1.58. The van der Waals surface area contributed by atoms with E-state index in [0.29, 0.717) is 0 Å². The maximum atomic E-state index is 4.28. The summed E-state index contributed by atoms with van der Waals surface area (Å²) in [5.41, 5.74) is 3.22. The van der Waals surface area contributed by atoms with Crippen LogP contribution in [0.25, 0.3) is 11.6 Å². The number of hydrogen-bond donors (Lipinski definition) is 0. The van der Waals surface area contributed by atoms with Crippen LogP contribution in [0, 0.1) is 0 Å². The van der Waals surface area contributed by atoms with E-state index in [9.17, 15) is 0 Å². The molecule has 0 unspecified atom stereocenters. The van der Waals surface area contributed by atoms with Crippen molar-refractivity contribution in [3.63, 3.8) is 0 Å². The smallest absolute Gasteiger partial charge is 0.0892 e. The molecule has 2 aromatic rings. The van der Waals surface area contributed by atoms with Crippen LogP contribution in [-0.4, -0.2) is 15.6 Å². The topological polar surface area (TPSA) is 29.7 Å². The van der Waals surface area contributed by atoms with E-state index >= 15 is 0 Å². The van der Waals surface area contributed by atoms with Crippen molar-refractivity contribution in [3.8, 4) is 0 Å². The molecular weight excluding hydrogens is 162 g/mol. The molecule has 0 spiro atoms. The zero-order chi connectivity index (χ0) is 8.67. The maximum Gasteiger partial charge on any atom is 0.0892 e. The summed E-state index contributed by atoms with van der Waals surface area (Å²) in [6, 6.07) is 2.04. The molecule has 0 fully saturated rings. The molecule has 0 amide bonds. The Hall–Kier alpha value is -1.90. The van der Waals surface area contributed by atoms with Crippen LogP contribution in [0.3, 0.4) is 0 Å². The fourth-order valence-electron chi connectivity index (χ4n) is 1.58. The van der Waals surface area contributed by atoms with E-state index in [1.165, 1.54) is 0 Å². The Balaban J connectivity index is 2.56. The van der Waals surface area contributed by atoms with E-state index in [1.807, 2.05) is 30.8 Å². The summed E-state index contributed by atoms with van der Waals surface area (Å²) in [6.07, 6.45) is 11.3. The van der Waals surface area contributed by atoms with Crippen LogP contribution >= 0.6 is 0 Å². The highest BCUT2D eigenvalue weighted by atomic mass is 14.9. The zero-order valence-electron chi connectivity index (χ0n) is 6.88. The molecule has 0 atom stereocenters. The largest absolute Gasteiger partial charge is 0.320 e. The second-order valence-corrected chi connectivity index (χ2v) is 2.93. The lowest BCUT2D eigenvalue weighted by atomic mass is 10.2. The minimum Gasteiger partial charge on any atom is -0.320 e. The standard InChI is InChI=1S/C10H7N3/c1-3-11-7-8-2-5-13-6-4-12-9(1)10(8)13/h1-7H. The summed E-state index contributed by atoms with van der Waals surface area (Å²) < 4.78 is 2.05. The first-order valence-electron chi connectivity index (χ1n) is 4.10. The van der Waals surface area contributed by atoms with Crippen molar-refractivity contribution in [3.05, 3.63) is 42.1 Å².